The average molecular weight is 566 g/mol. The van der Waals surface area contributed by atoms with Gasteiger partial charge in [-0.2, -0.15) is 0 Å². The van der Waals surface area contributed by atoms with Crippen LogP contribution in [0.1, 0.15) is 53.9 Å². The van der Waals surface area contributed by atoms with Gasteiger partial charge in [0.05, 0.1) is 18.4 Å². The fourth-order valence-corrected chi connectivity index (χ4v) is 6.30. The molecule has 0 atom stereocenters. The Hall–Kier alpha value is -4.40. The van der Waals surface area contributed by atoms with E-state index in [1.165, 1.54) is 85.4 Å². The van der Waals surface area contributed by atoms with Crippen molar-refractivity contribution in [1.82, 2.24) is 4.98 Å². The molecule has 6 rings (SSSR count). The maximum Gasteiger partial charge on any atom is 0.335 e. The number of methoxy groups -OCH3 is 1. The number of anilines is 2. The molecule has 0 bridgehead atoms. The molecule has 0 amide bonds. The number of nitrogens with one attached hydrogen (secondary N) is 1. The Morgan fingerprint density at radius 2 is 1.59 bits per heavy atom. The number of carboxylic acids is 1. The minimum Gasteiger partial charge on any atom is -0.494 e. The molecule has 7 nitrogen and oxygen atoms in total. The molecular formula is C33H31N3O4S. The first kappa shape index (κ1) is 26.8. The number of aromatic nitrogens is 1. The Balaban J connectivity index is 1.17. The predicted octanol–water partition coefficient (Wildman–Crippen LogP) is 8.61. The van der Waals surface area contributed by atoms with Gasteiger partial charge in [-0.3, -0.25) is 10.6 Å². The number of nitrogens with zero attached hydrogens (tertiary/aromatic N) is 2. The van der Waals surface area contributed by atoms with Crippen molar-refractivity contribution in [2.75, 3.05) is 17.7 Å². The summed E-state index contributed by atoms with van der Waals surface area (Å²) in [6.45, 7) is 0. The molecule has 0 saturated heterocycles. The van der Waals surface area contributed by atoms with Gasteiger partial charge in [0.25, 0.3) is 0 Å². The molecule has 208 valence electrons. The molecule has 4 aromatic carbocycles. The molecule has 0 aliphatic heterocycles. The smallest absolute Gasteiger partial charge is 0.335 e. The van der Waals surface area contributed by atoms with Crippen molar-refractivity contribution < 1.29 is 19.8 Å². The lowest BCUT2D eigenvalue weighted by molar-refractivity contribution is 0.0696. The number of fused-ring (bicyclic) bond motifs is 1. The van der Waals surface area contributed by atoms with Gasteiger partial charge in [-0.05, 0) is 76.6 Å². The molecule has 41 heavy (non-hydrogen) atoms. The topological polar surface area (TPSA) is 94.9 Å². The van der Waals surface area contributed by atoms with Crippen LogP contribution in [0.25, 0.3) is 32.5 Å². The second kappa shape index (κ2) is 11.6. The summed E-state index contributed by atoms with van der Waals surface area (Å²) in [7, 11) is 1.44. The third-order valence-corrected chi connectivity index (χ3v) is 8.67. The lowest BCUT2D eigenvalue weighted by Gasteiger charge is -2.22. The average Bonchev–Trinajstić information content (AvgIpc) is 3.52. The molecule has 1 fully saturated rings. The summed E-state index contributed by atoms with van der Waals surface area (Å²) in [4.78, 5) is 15.8. The van der Waals surface area contributed by atoms with Gasteiger partial charge < -0.3 is 9.84 Å². The van der Waals surface area contributed by atoms with Crippen LogP contribution < -0.4 is 15.3 Å². The number of aromatic carboxylic acids is 1. The standard InChI is InChI=1S/C33H31N3O4S/c1-40-30-19-28(33(37)38)15-16-29(30)35-36(39)31-20-41-32(34-31)27-14-13-25-17-24(11-12-26(25)18-27)23-9-7-22(8-10-23)21-5-3-2-4-6-21/h7-21,35,39H,2-6H2,1H3,(H,37,38). The van der Waals surface area contributed by atoms with Gasteiger partial charge in [-0.25, -0.2) is 9.78 Å². The van der Waals surface area contributed by atoms with E-state index < -0.39 is 5.97 Å². The summed E-state index contributed by atoms with van der Waals surface area (Å²) >= 11 is 1.42. The zero-order chi connectivity index (χ0) is 28.3. The van der Waals surface area contributed by atoms with Crippen LogP contribution in [-0.2, 0) is 0 Å². The molecule has 1 aromatic heterocycles. The summed E-state index contributed by atoms with van der Waals surface area (Å²) in [5.74, 6) is 0.242. The Morgan fingerprint density at radius 1 is 0.902 bits per heavy atom. The maximum absolute atomic E-state index is 11.2. The van der Waals surface area contributed by atoms with Crippen molar-refractivity contribution in [1.29, 1.82) is 0 Å². The quantitative estimate of drug-likeness (QED) is 0.162. The van der Waals surface area contributed by atoms with E-state index in [1.807, 2.05) is 6.07 Å². The lowest BCUT2D eigenvalue weighted by atomic mass is 9.83. The number of hydrogen-bond donors (Lipinski definition) is 3. The van der Waals surface area contributed by atoms with Crippen LogP contribution in [0.5, 0.6) is 5.75 Å². The molecule has 1 saturated carbocycles. The summed E-state index contributed by atoms with van der Waals surface area (Å²) in [6, 6.07) is 26.3. The van der Waals surface area contributed by atoms with Gasteiger partial charge in [-0.1, -0.05) is 67.8 Å². The van der Waals surface area contributed by atoms with Crippen molar-refractivity contribution in [3.05, 3.63) is 95.4 Å². The zero-order valence-electron chi connectivity index (χ0n) is 22.7. The Morgan fingerprint density at radius 3 is 2.29 bits per heavy atom. The van der Waals surface area contributed by atoms with Crippen molar-refractivity contribution in [3.63, 3.8) is 0 Å². The van der Waals surface area contributed by atoms with Crippen LogP contribution in [0.3, 0.4) is 0 Å². The van der Waals surface area contributed by atoms with E-state index in [4.69, 9.17) is 4.74 Å². The largest absolute Gasteiger partial charge is 0.494 e. The van der Waals surface area contributed by atoms with Crippen molar-refractivity contribution >= 4 is 39.6 Å². The molecule has 0 unspecified atom stereocenters. The molecule has 1 aliphatic carbocycles. The van der Waals surface area contributed by atoms with E-state index in [0.29, 0.717) is 17.4 Å². The third-order valence-electron chi connectivity index (χ3n) is 7.79. The Bertz CT molecular complexity index is 1690. The molecule has 0 spiro atoms. The minimum absolute atomic E-state index is 0.0869. The summed E-state index contributed by atoms with van der Waals surface area (Å²) in [5.41, 5.74) is 8.13. The van der Waals surface area contributed by atoms with E-state index in [0.717, 1.165) is 26.5 Å². The number of benzene rings is 4. The molecule has 5 aromatic rings. The number of thiazole rings is 1. The Labute approximate surface area is 242 Å². The summed E-state index contributed by atoms with van der Waals surface area (Å²) < 4.78 is 5.27. The highest BCUT2D eigenvalue weighted by Gasteiger charge is 2.16. The molecule has 3 N–H and O–H groups in total. The number of rotatable bonds is 8. The van der Waals surface area contributed by atoms with Crippen molar-refractivity contribution in [2.24, 2.45) is 0 Å². The van der Waals surface area contributed by atoms with Crippen LogP contribution in [0, 0.1) is 0 Å². The normalized spacial score (nSPS) is 13.7. The fourth-order valence-electron chi connectivity index (χ4n) is 5.53. The van der Waals surface area contributed by atoms with Crippen LogP contribution in [-0.4, -0.2) is 28.4 Å². The number of hydrazine groups is 1. The number of carboxylic acid groups (broad SMARTS) is 1. The van der Waals surface area contributed by atoms with Crippen LogP contribution in [0.4, 0.5) is 11.5 Å². The lowest BCUT2D eigenvalue weighted by Crippen LogP contribution is -2.26. The predicted molar refractivity (Wildman–Crippen MR) is 164 cm³/mol. The minimum atomic E-state index is -1.06. The van der Waals surface area contributed by atoms with E-state index in [1.54, 1.807) is 5.38 Å². The molecule has 8 heteroatoms. The monoisotopic (exact) mass is 565 g/mol. The molecular weight excluding hydrogens is 534 g/mol. The van der Waals surface area contributed by atoms with Gasteiger partial charge in [0.15, 0.2) is 5.82 Å². The third kappa shape index (κ3) is 5.75. The number of ether oxygens (including phenoxy) is 1. The first-order valence-electron chi connectivity index (χ1n) is 13.8. The van der Waals surface area contributed by atoms with Gasteiger partial charge in [0.1, 0.15) is 10.8 Å². The maximum atomic E-state index is 11.2. The Kier molecular flexibility index (Phi) is 7.59. The van der Waals surface area contributed by atoms with E-state index in [9.17, 15) is 15.1 Å². The first-order chi connectivity index (χ1) is 20.0. The highest BCUT2D eigenvalue weighted by molar-refractivity contribution is 7.13. The highest BCUT2D eigenvalue weighted by atomic mass is 32.1. The second-order valence-electron chi connectivity index (χ2n) is 10.4. The van der Waals surface area contributed by atoms with E-state index in [2.05, 4.69) is 65.0 Å². The van der Waals surface area contributed by atoms with Crippen LogP contribution >= 0.6 is 11.3 Å². The zero-order valence-corrected chi connectivity index (χ0v) is 23.5. The van der Waals surface area contributed by atoms with E-state index >= 15 is 0 Å². The fraction of sp³-hybridized carbons (Fsp3) is 0.212. The van der Waals surface area contributed by atoms with Crippen LogP contribution in [0.2, 0.25) is 0 Å². The highest BCUT2D eigenvalue weighted by Crippen LogP contribution is 2.35. The van der Waals surface area contributed by atoms with Gasteiger partial charge in [-0.15, -0.1) is 16.5 Å². The van der Waals surface area contributed by atoms with Gasteiger partial charge in [0.2, 0.25) is 0 Å². The van der Waals surface area contributed by atoms with Gasteiger partial charge in [0, 0.05) is 10.9 Å². The van der Waals surface area contributed by atoms with Crippen molar-refractivity contribution in [3.8, 4) is 27.4 Å². The first-order valence-corrected chi connectivity index (χ1v) is 14.6. The van der Waals surface area contributed by atoms with Gasteiger partial charge >= 0.3 is 5.97 Å². The molecule has 1 heterocycles. The van der Waals surface area contributed by atoms with E-state index in [-0.39, 0.29) is 11.3 Å². The summed E-state index contributed by atoms with van der Waals surface area (Å²) in [6.07, 6.45) is 6.67. The summed E-state index contributed by atoms with van der Waals surface area (Å²) in [5, 5.41) is 25.4. The van der Waals surface area contributed by atoms with Crippen LogP contribution in [0.15, 0.2) is 84.2 Å². The molecule has 1 aliphatic rings. The SMILES string of the molecule is COc1cc(C(=O)O)ccc1NN(O)c1csc(-c2ccc3cc(-c4ccc(C5CCCCC5)cc4)ccc3c2)n1. The number of hydrogen-bond acceptors (Lipinski definition) is 7. The van der Waals surface area contributed by atoms with Crippen molar-refractivity contribution in [2.45, 2.75) is 38.0 Å². The second-order valence-corrected chi connectivity index (χ2v) is 11.2. The molecule has 0 radical (unpaired) electrons. The number of carbonyl (C=O) groups is 1.